The minimum Gasteiger partial charge on any atom is -0.497 e. The molecular formula is C12H14N2O3. The summed E-state index contributed by atoms with van der Waals surface area (Å²) in [5.41, 5.74) is -0.948. The predicted octanol–water partition coefficient (Wildman–Crippen LogP) is 1.16. The maximum absolute atomic E-state index is 11.8. The Bertz CT molecular complexity index is 611. The number of aromatic amines is 1. The highest BCUT2D eigenvalue weighted by molar-refractivity contribution is 5.79. The van der Waals surface area contributed by atoms with Gasteiger partial charge < -0.3 is 14.8 Å². The van der Waals surface area contributed by atoms with Gasteiger partial charge in [0.2, 0.25) is 0 Å². The number of aromatic nitrogens is 2. The molecule has 0 aliphatic heterocycles. The molecule has 1 heterocycles. The van der Waals surface area contributed by atoms with Crippen LogP contribution < -0.4 is 10.3 Å². The van der Waals surface area contributed by atoms with Gasteiger partial charge in [-0.3, -0.25) is 4.79 Å². The van der Waals surface area contributed by atoms with Crippen LogP contribution in [-0.2, 0) is 5.60 Å². The van der Waals surface area contributed by atoms with Crippen LogP contribution in [0.4, 0.5) is 0 Å². The van der Waals surface area contributed by atoms with Crippen LogP contribution in [0.3, 0.4) is 0 Å². The predicted molar refractivity (Wildman–Crippen MR) is 64.2 cm³/mol. The Morgan fingerprint density at radius 3 is 2.71 bits per heavy atom. The Hall–Kier alpha value is -1.88. The van der Waals surface area contributed by atoms with E-state index in [4.69, 9.17) is 4.74 Å². The molecule has 5 heteroatoms. The zero-order valence-corrected chi connectivity index (χ0v) is 9.94. The molecule has 0 saturated heterocycles. The lowest BCUT2D eigenvalue weighted by atomic mass is 10.1. The maximum Gasteiger partial charge on any atom is 0.258 e. The van der Waals surface area contributed by atoms with Crippen molar-refractivity contribution in [3.8, 4) is 5.75 Å². The zero-order valence-electron chi connectivity index (χ0n) is 9.94. The Morgan fingerprint density at radius 2 is 2.12 bits per heavy atom. The molecule has 0 aliphatic rings. The Morgan fingerprint density at radius 1 is 1.41 bits per heavy atom. The van der Waals surface area contributed by atoms with Gasteiger partial charge in [0.1, 0.15) is 17.2 Å². The monoisotopic (exact) mass is 234 g/mol. The molecule has 0 unspecified atom stereocenters. The molecular weight excluding hydrogens is 220 g/mol. The van der Waals surface area contributed by atoms with E-state index in [-0.39, 0.29) is 11.4 Å². The van der Waals surface area contributed by atoms with Gasteiger partial charge in [0.05, 0.1) is 18.0 Å². The summed E-state index contributed by atoms with van der Waals surface area (Å²) in [6.07, 6.45) is 0. The van der Waals surface area contributed by atoms with Crippen molar-refractivity contribution in [2.45, 2.75) is 19.4 Å². The van der Waals surface area contributed by atoms with E-state index in [2.05, 4.69) is 9.97 Å². The first-order chi connectivity index (χ1) is 7.91. The quantitative estimate of drug-likeness (QED) is 0.817. The SMILES string of the molecule is COc1ccc2c(=O)[nH]c(C(C)(C)O)nc2c1. The molecule has 0 aliphatic carbocycles. The number of nitrogens with zero attached hydrogens (tertiary/aromatic N) is 1. The van der Waals surface area contributed by atoms with Crippen LogP contribution in [0, 0.1) is 0 Å². The summed E-state index contributed by atoms with van der Waals surface area (Å²) in [6.45, 7) is 3.13. The number of hydrogen-bond acceptors (Lipinski definition) is 4. The van der Waals surface area contributed by atoms with Gasteiger partial charge in [0.15, 0.2) is 0 Å². The van der Waals surface area contributed by atoms with E-state index in [9.17, 15) is 9.90 Å². The largest absolute Gasteiger partial charge is 0.497 e. The molecule has 0 fully saturated rings. The number of rotatable bonds is 2. The first kappa shape index (κ1) is 11.6. The van der Waals surface area contributed by atoms with E-state index in [0.717, 1.165) is 0 Å². The maximum atomic E-state index is 11.8. The minimum atomic E-state index is -1.18. The standard InChI is InChI=1S/C12H14N2O3/c1-12(2,16)11-13-9-6-7(17-3)4-5-8(9)10(15)14-11/h4-6,16H,1-3H3,(H,13,14,15). The molecule has 90 valence electrons. The molecule has 2 N–H and O–H groups in total. The summed E-state index contributed by atoms with van der Waals surface area (Å²) in [4.78, 5) is 18.6. The average molecular weight is 234 g/mol. The summed E-state index contributed by atoms with van der Waals surface area (Å²) >= 11 is 0. The van der Waals surface area contributed by atoms with Crippen LogP contribution in [0.2, 0.25) is 0 Å². The van der Waals surface area contributed by atoms with Crippen molar-refractivity contribution in [3.63, 3.8) is 0 Å². The number of hydrogen-bond donors (Lipinski definition) is 2. The minimum absolute atomic E-state index is 0.239. The van der Waals surface area contributed by atoms with Crippen molar-refractivity contribution < 1.29 is 9.84 Å². The highest BCUT2D eigenvalue weighted by Crippen LogP contribution is 2.19. The molecule has 0 spiro atoms. The third-order valence-corrected chi connectivity index (χ3v) is 2.49. The van der Waals surface area contributed by atoms with Crippen LogP contribution in [0.1, 0.15) is 19.7 Å². The fourth-order valence-corrected chi connectivity index (χ4v) is 1.54. The number of benzene rings is 1. The van der Waals surface area contributed by atoms with Gasteiger partial charge in [-0.05, 0) is 26.0 Å². The van der Waals surface area contributed by atoms with Gasteiger partial charge in [-0.25, -0.2) is 4.98 Å². The second kappa shape index (κ2) is 3.85. The number of methoxy groups -OCH3 is 1. The normalized spacial score (nSPS) is 11.8. The van der Waals surface area contributed by atoms with Gasteiger partial charge >= 0.3 is 0 Å². The van der Waals surface area contributed by atoms with E-state index >= 15 is 0 Å². The van der Waals surface area contributed by atoms with Gasteiger partial charge in [-0.1, -0.05) is 0 Å². The fraction of sp³-hybridized carbons (Fsp3) is 0.333. The van der Waals surface area contributed by atoms with Crippen molar-refractivity contribution >= 4 is 10.9 Å². The lowest BCUT2D eigenvalue weighted by Crippen LogP contribution is -2.24. The molecule has 2 aromatic rings. The third-order valence-electron chi connectivity index (χ3n) is 2.49. The summed E-state index contributed by atoms with van der Waals surface area (Å²) < 4.78 is 5.07. The lowest BCUT2D eigenvalue weighted by Gasteiger charge is -2.16. The molecule has 1 aromatic heterocycles. The van der Waals surface area contributed by atoms with Gasteiger partial charge in [0, 0.05) is 6.07 Å². The fourth-order valence-electron chi connectivity index (χ4n) is 1.54. The first-order valence-corrected chi connectivity index (χ1v) is 5.23. The zero-order chi connectivity index (χ0) is 12.6. The Labute approximate surface area is 98.1 Å². The summed E-state index contributed by atoms with van der Waals surface area (Å²) in [6, 6.07) is 5.01. The van der Waals surface area contributed by atoms with E-state index in [1.807, 2.05) is 0 Å². The summed E-state index contributed by atoms with van der Waals surface area (Å²) in [5, 5.41) is 10.3. The summed E-state index contributed by atoms with van der Waals surface area (Å²) in [7, 11) is 1.55. The second-order valence-electron chi connectivity index (χ2n) is 4.36. The van der Waals surface area contributed by atoms with Crippen molar-refractivity contribution in [1.82, 2.24) is 9.97 Å². The van der Waals surface area contributed by atoms with Gasteiger partial charge in [-0.2, -0.15) is 0 Å². The smallest absolute Gasteiger partial charge is 0.258 e. The Balaban J connectivity index is 2.75. The molecule has 17 heavy (non-hydrogen) atoms. The van der Waals surface area contributed by atoms with Crippen molar-refractivity contribution in [3.05, 3.63) is 34.4 Å². The number of fused-ring (bicyclic) bond motifs is 1. The number of aliphatic hydroxyl groups is 1. The van der Waals surface area contributed by atoms with Crippen molar-refractivity contribution in [1.29, 1.82) is 0 Å². The molecule has 0 amide bonds. The summed E-state index contributed by atoms with van der Waals surface area (Å²) in [5.74, 6) is 0.862. The van der Waals surface area contributed by atoms with Crippen molar-refractivity contribution in [2.75, 3.05) is 7.11 Å². The first-order valence-electron chi connectivity index (χ1n) is 5.23. The number of nitrogens with one attached hydrogen (secondary N) is 1. The highest BCUT2D eigenvalue weighted by Gasteiger charge is 2.20. The van der Waals surface area contributed by atoms with Crippen LogP contribution in [-0.4, -0.2) is 22.2 Å². The van der Waals surface area contributed by atoms with E-state index in [0.29, 0.717) is 16.7 Å². The van der Waals surface area contributed by atoms with Crippen molar-refractivity contribution in [2.24, 2.45) is 0 Å². The number of ether oxygens (including phenoxy) is 1. The molecule has 0 radical (unpaired) electrons. The third kappa shape index (κ3) is 2.14. The number of H-pyrrole nitrogens is 1. The molecule has 0 saturated carbocycles. The molecule has 0 bridgehead atoms. The van der Waals surface area contributed by atoms with Gasteiger partial charge in [-0.15, -0.1) is 0 Å². The molecule has 1 aromatic carbocycles. The van der Waals surface area contributed by atoms with Gasteiger partial charge in [0.25, 0.3) is 5.56 Å². The molecule has 2 rings (SSSR count). The second-order valence-corrected chi connectivity index (χ2v) is 4.36. The van der Waals surface area contributed by atoms with Crippen LogP contribution in [0.5, 0.6) is 5.75 Å². The highest BCUT2D eigenvalue weighted by atomic mass is 16.5. The van der Waals surface area contributed by atoms with Crippen LogP contribution in [0.15, 0.2) is 23.0 Å². The van der Waals surface area contributed by atoms with E-state index < -0.39 is 5.60 Å². The van der Waals surface area contributed by atoms with E-state index in [1.165, 1.54) is 0 Å². The van der Waals surface area contributed by atoms with E-state index in [1.54, 1.807) is 39.2 Å². The topological polar surface area (TPSA) is 75.2 Å². The average Bonchev–Trinajstić information content (AvgIpc) is 2.27. The van der Waals surface area contributed by atoms with Crippen LogP contribution in [0.25, 0.3) is 10.9 Å². The molecule has 0 atom stereocenters. The molecule has 5 nitrogen and oxygen atoms in total. The van der Waals surface area contributed by atoms with Crippen LogP contribution >= 0.6 is 0 Å². The lowest BCUT2D eigenvalue weighted by molar-refractivity contribution is 0.0688. The Kier molecular flexibility index (Phi) is 2.63.